The molecule has 0 aliphatic heterocycles. The van der Waals surface area contributed by atoms with Crippen LogP contribution in [0, 0.1) is 0 Å². The molecule has 0 heterocycles. The molecular weight excluding hydrogens is 280 g/mol. The normalized spacial score (nSPS) is 9.44. The van der Waals surface area contributed by atoms with Crippen LogP contribution in [0.3, 0.4) is 0 Å². The van der Waals surface area contributed by atoms with E-state index in [-0.39, 0.29) is 19.4 Å². The predicted octanol–water partition coefficient (Wildman–Crippen LogP) is 0.708. The fourth-order valence-electron chi connectivity index (χ4n) is 0.789. The summed E-state index contributed by atoms with van der Waals surface area (Å²) in [6.07, 6.45) is 1.09. The Morgan fingerprint density at radius 2 is 1.89 bits per heavy atom. The first kappa shape index (κ1) is 16.9. The molecule has 104 valence electrons. The molecule has 0 aromatic heterocycles. The molecule has 0 unspecified atom stereocenters. The Morgan fingerprint density at radius 3 is 2.50 bits per heavy atom. The topological polar surface area (TPSA) is 93.7 Å². The lowest BCUT2D eigenvalue weighted by Gasteiger charge is -2.07. The molecule has 0 atom stereocenters. The number of esters is 1. The second-order valence-electron chi connectivity index (χ2n) is 2.87. The lowest BCUT2D eigenvalue weighted by atomic mass is 10.3. The van der Waals surface area contributed by atoms with Gasteiger partial charge in [-0.2, -0.15) is 0 Å². The van der Waals surface area contributed by atoms with E-state index in [4.69, 9.17) is 4.74 Å². The molecule has 0 aromatic carbocycles. The summed E-state index contributed by atoms with van der Waals surface area (Å²) < 4.78 is 9.12. The van der Waals surface area contributed by atoms with Crippen molar-refractivity contribution >= 4 is 39.6 Å². The largest absolute Gasteiger partial charge is 0.469 e. The molecule has 0 rings (SSSR count). The van der Waals surface area contributed by atoms with E-state index in [9.17, 15) is 14.4 Å². The molecule has 0 fully saturated rings. The molecule has 0 aliphatic rings. The highest BCUT2D eigenvalue weighted by molar-refractivity contribution is 8.76. The van der Waals surface area contributed by atoms with Crippen LogP contribution in [0.15, 0.2) is 0 Å². The summed E-state index contributed by atoms with van der Waals surface area (Å²) in [6.45, 7) is 0.259. The van der Waals surface area contributed by atoms with Gasteiger partial charge in [0, 0.05) is 12.2 Å². The maximum absolute atomic E-state index is 11.1. The highest BCUT2D eigenvalue weighted by atomic mass is 33.1. The van der Waals surface area contributed by atoms with Gasteiger partial charge in [0.05, 0.1) is 13.5 Å². The number of hydrazine groups is 1. The van der Waals surface area contributed by atoms with Crippen LogP contribution in [0.4, 0.5) is 4.79 Å². The van der Waals surface area contributed by atoms with Crippen LogP contribution in [-0.2, 0) is 19.1 Å². The van der Waals surface area contributed by atoms with Crippen LogP contribution in [-0.4, -0.2) is 43.7 Å². The molecule has 18 heavy (non-hydrogen) atoms. The summed E-state index contributed by atoms with van der Waals surface area (Å²) in [5.41, 5.74) is 4.19. The van der Waals surface area contributed by atoms with Crippen LogP contribution in [0.5, 0.6) is 0 Å². The van der Waals surface area contributed by atoms with Gasteiger partial charge in [0.2, 0.25) is 5.91 Å². The van der Waals surface area contributed by atoms with Crippen LogP contribution in [0.2, 0.25) is 0 Å². The number of carbonyl (C=O) groups excluding carboxylic acids is 3. The second kappa shape index (κ2) is 11.0. The number of methoxy groups -OCH3 is 1. The Kier molecular flexibility index (Phi) is 10.4. The number of amides is 2. The zero-order chi connectivity index (χ0) is 13.8. The number of hydrogen-bond donors (Lipinski definition) is 2. The molecule has 0 radical (unpaired) electrons. The molecule has 0 saturated carbocycles. The highest BCUT2D eigenvalue weighted by Gasteiger charge is 2.08. The van der Waals surface area contributed by atoms with Crippen molar-refractivity contribution in [3.8, 4) is 0 Å². The van der Waals surface area contributed by atoms with Crippen LogP contribution in [0.1, 0.15) is 12.8 Å². The van der Waals surface area contributed by atoms with Crippen molar-refractivity contribution in [1.82, 2.24) is 10.9 Å². The molecule has 9 heteroatoms. The molecule has 0 saturated heterocycles. The van der Waals surface area contributed by atoms with Gasteiger partial charge >= 0.3 is 12.1 Å². The second-order valence-corrected chi connectivity index (χ2v) is 5.56. The van der Waals surface area contributed by atoms with Crippen LogP contribution in [0.25, 0.3) is 0 Å². The summed E-state index contributed by atoms with van der Waals surface area (Å²) in [6, 6.07) is 0. The minimum Gasteiger partial charge on any atom is -0.469 e. The SMILES string of the molecule is COC(=O)CCC(=O)NNC(=O)OCCSSC. The van der Waals surface area contributed by atoms with E-state index in [1.807, 2.05) is 6.26 Å². The molecule has 0 spiro atoms. The van der Waals surface area contributed by atoms with Crippen molar-refractivity contribution in [1.29, 1.82) is 0 Å². The van der Waals surface area contributed by atoms with Crippen molar-refractivity contribution < 1.29 is 23.9 Å². The van der Waals surface area contributed by atoms with Crippen LogP contribution < -0.4 is 10.9 Å². The lowest BCUT2D eigenvalue weighted by molar-refractivity contribution is -0.142. The van der Waals surface area contributed by atoms with E-state index < -0.39 is 18.0 Å². The lowest BCUT2D eigenvalue weighted by Crippen LogP contribution is -2.42. The van der Waals surface area contributed by atoms with E-state index in [1.54, 1.807) is 21.6 Å². The monoisotopic (exact) mass is 296 g/mol. The predicted molar refractivity (Wildman–Crippen MR) is 69.8 cm³/mol. The Bertz CT molecular complexity index is 288. The van der Waals surface area contributed by atoms with E-state index in [0.717, 1.165) is 0 Å². The first-order valence-corrected chi connectivity index (χ1v) is 7.77. The Morgan fingerprint density at radius 1 is 1.17 bits per heavy atom. The molecule has 7 nitrogen and oxygen atoms in total. The van der Waals surface area contributed by atoms with Crippen molar-refractivity contribution in [2.75, 3.05) is 25.7 Å². The number of hydrogen-bond acceptors (Lipinski definition) is 7. The summed E-state index contributed by atoms with van der Waals surface area (Å²) in [5, 5.41) is 0. The van der Waals surface area contributed by atoms with Crippen molar-refractivity contribution in [2.24, 2.45) is 0 Å². The quantitative estimate of drug-likeness (QED) is 0.309. The number of nitrogens with one attached hydrogen (secondary N) is 2. The van der Waals surface area contributed by atoms with E-state index >= 15 is 0 Å². The zero-order valence-corrected chi connectivity index (χ0v) is 11.8. The van der Waals surface area contributed by atoms with E-state index in [2.05, 4.69) is 15.6 Å². The minimum atomic E-state index is -0.733. The maximum Gasteiger partial charge on any atom is 0.426 e. The molecule has 0 bridgehead atoms. The first-order chi connectivity index (χ1) is 8.60. The molecule has 2 N–H and O–H groups in total. The van der Waals surface area contributed by atoms with Crippen LogP contribution >= 0.6 is 21.6 Å². The summed E-state index contributed by atoms with van der Waals surface area (Å²) >= 11 is 0. The Balaban J connectivity index is 3.53. The van der Waals surface area contributed by atoms with Gasteiger partial charge in [0.15, 0.2) is 0 Å². The van der Waals surface area contributed by atoms with Crippen molar-refractivity contribution in [3.63, 3.8) is 0 Å². The summed E-state index contributed by atoms with van der Waals surface area (Å²) in [5.74, 6) is -0.303. The highest BCUT2D eigenvalue weighted by Crippen LogP contribution is 2.15. The zero-order valence-electron chi connectivity index (χ0n) is 10.2. The third-order valence-corrected chi connectivity index (χ3v) is 3.38. The van der Waals surface area contributed by atoms with Gasteiger partial charge in [-0.05, 0) is 6.26 Å². The maximum atomic E-state index is 11.1. The van der Waals surface area contributed by atoms with Gasteiger partial charge in [-0.15, -0.1) is 0 Å². The third kappa shape index (κ3) is 10.1. The van der Waals surface area contributed by atoms with Gasteiger partial charge in [-0.25, -0.2) is 10.2 Å². The fraction of sp³-hybridized carbons (Fsp3) is 0.667. The smallest absolute Gasteiger partial charge is 0.426 e. The standard InChI is InChI=1S/C9H16N2O5S2/c1-15-8(13)4-3-7(12)10-11-9(14)16-5-6-18-17-2/h3-6H2,1-2H3,(H,10,12)(H,11,14). The Hall–Kier alpha value is -1.09. The molecule has 0 aliphatic carbocycles. The third-order valence-electron chi connectivity index (χ3n) is 1.61. The van der Waals surface area contributed by atoms with Gasteiger partial charge in [0.1, 0.15) is 6.61 Å². The van der Waals surface area contributed by atoms with Gasteiger partial charge in [-0.1, -0.05) is 21.6 Å². The average Bonchev–Trinajstić information content (AvgIpc) is 2.38. The van der Waals surface area contributed by atoms with Crippen molar-refractivity contribution in [3.05, 3.63) is 0 Å². The summed E-state index contributed by atoms with van der Waals surface area (Å²) in [7, 11) is 4.37. The summed E-state index contributed by atoms with van der Waals surface area (Å²) in [4.78, 5) is 32.9. The first-order valence-electron chi connectivity index (χ1n) is 5.04. The van der Waals surface area contributed by atoms with Gasteiger partial charge in [-0.3, -0.25) is 15.0 Å². The van der Waals surface area contributed by atoms with Gasteiger partial charge in [0.25, 0.3) is 0 Å². The Labute approximate surface area is 113 Å². The minimum absolute atomic E-state index is 0.0383. The molecular formula is C9H16N2O5S2. The molecule has 2 amide bonds. The molecule has 0 aromatic rings. The number of ether oxygens (including phenoxy) is 2. The van der Waals surface area contributed by atoms with Crippen molar-refractivity contribution in [2.45, 2.75) is 12.8 Å². The average molecular weight is 296 g/mol. The van der Waals surface area contributed by atoms with Gasteiger partial charge < -0.3 is 9.47 Å². The van der Waals surface area contributed by atoms with E-state index in [1.165, 1.54) is 7.11 Å². The number of carbonyl (C=O) groups is 3. The van der Waals surface area contributed by atoms with E-state index in [0.29, 0.717) is 5.75 Å². The number of rotatable bonds is 7. The fourth-order valence-corrected chi connectivity index (χ4v) is 1.81.